The number of carbonyl (C=O) groups excluding carboxylic acids is 2. The van der Waals surface area contributed by atoms with E-state index < -0.39 is 0 Å². The summed E-state index contributed by atoms with van der Waals surface area (Å²) in [4.78, 5) is 26.3. The molecule has 0 radical (unpaired) electrons. The monoisotopic (exact) mass is 449 g/mol. The van der Waals surface area contributed by atoms with E-state index >= 15 is 0 Å². The van der Waals surface area contributed by atoms with E-state index in [2.05, 4.69) is 10.6 Å². The number of carbonyl (C=O) groups is 2. The molecule has 3 aromatic carbocycles. The molecule has 5 nitrogen and oxygen atoms in total. The summed E-state index contributed by atoms with van der Waals surface area (Å²) in [5.74, 6) is -0.507. The maximum absolute atomic E-state index is 12.6. The molecule has 2 amide bonds. The SMILES string of the molecule is CN(C(=O)c1ccc(NC(=S)NC(=O)/C=C/c2ccccc2Cl)cc1)c1ccccc1. The second kappa shape index (κ2) is 10.5. The highest BCUT2D eigenvalue weighted by atomic mass is 35.5. The first-order chi connectivity index (χ1) is 14.9. The fourth-order valence-electron chi connectivity index (χ4n) is 2.75. The lowest BCUT2D eigenvalue weighted by Gasteiger charge is -2.17. The number of rotatable bonds is 5. The molecule has 156 valence electrons. The van der Waals surface area contributed by atoms with E-state index in [0.29, 0.717) is 16.3 Å². The number of hydrogen-bond donors (Lipinski definition) is 2. The predicted octanol–water partition coefficient (Wildman–Crippen LogP) is 5.14. The van der Waals surface area contributed by atoms with Crippen LogP contribution in [-0.2, 0) is 4.79 Å². The second-order valence-corrected chi connectivity index (χ2v) is 7.39. The molecule has 0 aromatic heterocycles. The average Bonchev–Trinajstić information content (AvgIpc) is 2.78. The van der Waals surface area contributed by atoms with Crippen molar-refractivity contribution in [1.29, 1.82) is 0 Å². The van der Waals surface area contributed by atoms with Gasteiger partial charge in [0.1, 0.15) is 0 Å². The van der Waals surface area contributed by atoms with Gasteiger partial charge in [0.15, 0.2) is 5.11 Å². The highest BCUT2D eigenvalue weighted by molar-refractivity contribution is 7.80. The van der Waals surface area contributed by atoms with Crippen molar-refractivity contribution < 1.29 is 9.59 Å². The van der Waals surface area contributed by atoms with Crippen molar-refractivity contribution in [1.82, 2.24) is 5.32 Å². The Morgan fingerprint density at radius 2 is 1.58 bits per heavy atom. The number of thiocarbonyl (C=S) groups is 1. The van der Waals surface area contributed by atoms with Crippen molar-refractivity contribution in [3.8, 4) is 0 Å². The van der Waals surface area contributed by atoms with Crippen molar-refractivity contribution in [2.75, 3.05) is 17.3 Å². The molecular weight excluding hydrogens is 430 g/mol. The summed E-state index contributed by atoms with van der Waals surface area (Å²) < 4.78 is 0. The molecule has 3 aromatic rings. The number of nitrogens with one attached hydrogen (secondary N) is 2. The molecule has 0 aliphatic heterocycles. The molecule has 2 N–H and O–H groups in total. The molecule has 0 atom stereocenters. The Bertz CT molecular complexity index is 1120. The number of anilines is 2. The van der Waals surface area contributed by atoms with E-state index in [9.17, 15) is 9.59 Å². The number of amides is 2. The molecule has 0 fully saturated rings. The maximum atomic E-state index is 12.6. The molecule has 0 aliphatic carbocycles. The molecule has 0 saturated heterocycles. The normalized spacial score (nSPS) is 10.5. The zero-order chi connectivity index (χ0) is 22.2. The van der Waals surface area contributed by atoms with Gasteiger partial charge in [-0.1, -0.05) is 48.0 Å². The van der Waals surface area contributed by atoms with Crippen LogP contribution in [0.4, 0.5) is 11.4 Å². The van der Waals surface area contributed by atoms with Crippen LogP contribution in [0.2, 0.25) is 5.02 Å². The Kier molecular flexibility index (Phi) is 7.54. The van der Waals surface area contributed by atoms with Crippen molar-refractivity contribution in [2.45, 2.75) is 0 Å². The molecule has 31 heavy (non-hydrogen) atoms. The molecule has 0 heterocycles. The average molecular weight is 450 g/mol. The lowest BCUT2D eigenvalue weighted by atomic mass is 10.1. The summed E-state index contributed by atoms with van der Waals surface area (Å²) >= 11 is 11.2. The van der Waals surface area contributed by atoms with Crippen LogP contribution in [-0.4, -0.2) is 24.0 Å². The van der Waals surface area contributed by atoms with Gasteiger partial charge in [-0.15, -0.1) is 0 Å². The van der Waals surface area contributed by atoms with Crippen molar-refractivity contribution in [2.24, 2.45) is 0 Å². The number of para-hydroxylation sites is 1. The van der Waals surface area contributed by atoms with Crippen molar-refractivity contribution in [3.63, 3.8) is 0 Å². The fourth-order valence-corrected chi connectivity index (χ4v) is 3.17. The van der Waals surface area contributed by atoms with Crippen molar-refractivity contribution in [3.05, 3.63) is 101 Å². The lowest BCUT2D eigenvalue weighted by molar-refractivity contribution is -0.115. The molecule has 0 saturated carbocycles. The van der Waals surface area contributed by atoms with E-state index in [1.165, 1.54) is 6.08 Å². The molecule has 3 rings (SSSR count). The number of hydrogen-bond acceptors (Lipinski definition) is 3. The highest BCUT2D eigenvalue weighted by Crippen LogP contribution is 2.17. The quantitative estimate of drug-likeness (QED) is 0.418. The van der Waals surface area contributed by atoms with Gasteiger partial charge in [-0.3, -0.25) is 14.9 Å². The minimum Gasteiger partial charge on any atom is -0.332 e. The van der Waals surface area contributed by atoms with E-state index in [1.54, 1.807) is 54.4 Å². The third-order valence-electron chi connectivity index (χ3n) is 4.39. The van der Waals surface area contributed by atoms with Crippen LogP contribution in [0.25, 0.3) is 6.08 Å². The van der Waals surface area contributed by atoms with Crippen LogP contribution in [0.1, 0.15) is 15.9 Å². The van der Waals surface area contributed by atoms with Gasteiger partial charge >= 0.3 is 0 Å². The van der Waals surface area contributed by atoms with Gasteiger partial charge in [0.2, 0.25) is 5.91 Å². The second-order valence-electron chi connectivity index (χ2n) is 6.58. The molecule has 7 heteroatoms. The van der Waals surface area contributed by atoms with E-state index in [-0.39, 0.29) is 16.9 Å². The zero-order valence-electron chi connectivity index (χ0n) is 16.7. The number of benzene rings is 3. The van der Waals surface area contributed by atoms with Gasteiger partial charge in [0, 0.05) is 35.1 Å². The van der Waals surface area contributed by atoms with Gasteiger partial charge in [-0.05, 0) is 66.3 Å². The Morgan fingerprint density at radius 1 is 0.935 bits per heavy atom. The van der Waals surface area contributed by atoms with E-state index in [1.807, 2.05) is 42.5 Å². The summed E-state index contributed by atoms with van der Waals surface area (Å²) in [6, 6.07) is 23.5. The molecule has 0 bridgehead atoms. The van der Waals surface area contributed by atoms with Crippen LogP contribution in [0, 0.1) is 0 Å². The Hall–Kier alpha value is -3.48. The standard InChI is InChI=1S/C24H20ClN3O2S/c1-28(20-8-3-2-4-9-20)23(30)18-11-14-19(15-12-18)26-24(31)27-22(29)16-13-17-7-5-6-10-21(17)25/h2-16H,1H3,(H2,26,27,29,31)/b16-13+. The smallest absolute Gasteiger partial charge is 0.258 e. The first-order valence-electron chi connectivity index (χ1n) is 9.42. The Morgan fingerprint density at radius 3 is 2.26 bits per heavy atom. The minimum atomic E-state index is -0.381. The minimum absolute atomic E-state index is 0.127. The van der Waals surface area contributed by atoms with Gasteiger partial charge < -0.3 is 10.2 Å². The summed E-state index contributed by atoms with van der Waals surface area (Å²) in [7, 11) is 1.73. The lowest BCUT2D eigenvalue weighted by Crippen LogP contribution is -2.32. The maximum Gasteiger partial charge on any atom is 0.258 e. The zero-order valence-corrected chi connectivity index (χ0v) is 18.3. The number of nitrogens with zero attached hydrogens (tertiary/aromatic N) is 1. The van der Waals surface area contributed by atoms with Gasteiger partial charge in [0.25, 0.3) is 5.91 Å². The van der Waals surface area contributed by atoms with Crippen LogP contribution in [0.5, 0.6) is 0 Å². The Labute approximate surface area is 191 Å². The molecular formula is C24H20ClN3O2S. The fraction of sp³-hybridized carbons (Fsp3) is 0.0417. The Balaban J connectivity index is 1.55. The van der Waals surface area contributed by atoms with Crippen LogP contribution in [0.15, 0.2) is 84.9 Å². The highest BCUT2D eigenvalue weighted by Gasteiger charge is 2.13. The van der Waals surface area contributed by atoms with Gasteiger partial charge in [0.05, 0.1) is 0 Å². The summed E-state index contributed by atoms with van der Waals surface area (Å²) in [5.41, 5.74) is 2.73. The number of halogens is 1. The van der Waals surface area contributed by atoms with Crippen LogP contribution in [0.3, 0.4) is 0 Å². The van der Waals surface area contributed by atoms with E-state index in [4.69, 9.17) is 23.8 Å². The van der Waals surface area contributed by atoms with Gasteiger partial charge in [-0.25, -0.2) is 0 Å². The molecule has 0 unspecified atom stereocenters. The molecule has 0 spiro atoms. The first kappa shape index (κ1) is 22.2. The summed E-state index contributed by atoms with van der Waals surface area (Å²) in [6.07, 6.45) is 2.97. The van der Waals surface area contributed by atoms with Gasteiger partial charge in [-0.2, -0.15) is 0 Å². The largest absolute Gasteiger partial charge is 0.332 e. The third-order valence-corrected chi connectivity index (χ3v) is 4.94. The van der Waals surface area contributed by atoms with Crippen LogP contribution < -0.4 is 15.5 Å². The van der Waals surface area contributed by atoms with Crippen molar-refractivity contribution >= 4 is 58.2 Å². The first-order valence-corrected chi connectivity index (χ1v) is 10.2. The molecule has 0 aliphatic rings. The summed E-state index contributed by atoms with van der Waals surface area (Å²) in [6.45, 7) is 0. The summed E-state index contributed by atoms with van der Waals surface area (Å²) in [5, 5.41) is 6.20. The topological polar surface area (TPSA) is 61.4 Å². The predicted molar refractivity (Wildman–Crippen MR) is 130 cm³/mol. The van der Waals surface area contributed by atoms with E-state index in [0.717, 1.165) is 11.3 Å². The third kappa shape index (κ3) is 6.25. The van der Waals surface area contributed by atoms with Crippen LogP contribution >= 0.6 is 23.8 Å².